The second kappa shape index (κ2) is 3.89. The van der Waals surface area contributed by atoms with Crippen LogP contribution in [0.15, 0.2) is 18.2 Å². The summed E-state index contributed by atoms with van der Waals surface area (Å²) in [5, 5.41) is 0.421. The van der Waals surface area contributed by atoms with Crippen molar-refractivity contribution in [2.45, 2.75) is 36.7 Å². The summed E-state index contributed by atoms with van der Waals surface area (Å²) in [5.41, 5.74) is 6.94. The van der Waals surface area contributed by atoms with Crippen molar-refractivity contribution in [3.63, 3.8) is 0 Å². The fourth-order valence-electron chi connectivity index (χ4n) is 2.81. The highest BCUT2D eigenvalue weighted by atomic mass is 32.2. The van der Waals surface area contributed by atoms with E-state index in [4.69, 9.17) is 10.5 Å². The summed E-state index contributed by atoms with van der Waals surface area (Å²) < 4.78 is 19.4. The molecule has 2 unspecified atom stereocenters. The maximum atomic E-state index is 13.3. The minimum atomic E-state index is -0.258. The Hall–Kier alpha value is -0.740. The number of hydrogen-bond acceptors (Lipinski definition) is 3. The van der Waals surface area contributed by atoms with Gasteiger partial charge < -0.3 is 10.5 Å². The van der Waals surface area contributed by atoms with E-state index in [-0.39, 0.29) is 17.5 Å². The lowest BCUT2D eigenvalue weighted by molar-refractivity contribution is 0.0407. The Labute approximate surface area is 105 Å². The molecular formula is C13H16FNOS. The van der Waals surface area contributed by atoms with Gasteiger partial charge in [-0.2, -0.15) is 11.8 Å². The van der Waals surface area contributed by atoms with Crippen molar-refractivity contribution in [1.82, 2.24) is 0 Å². The average molecular weight is 253 g/mol. The quantitative estimate of drug-likeness (QED) is 0.772. The largest absolute Gasteiger partial charge is 0.486 e. The van der Waals surface area contributed by atoms with Gasteiger partial charge in [0.05, 0.1) is 0 Å². The van der Waals surface area contributed by atoms with E-state index in [2.05, 4.69) is 6.92 Å². The van der Waals surface area contributed by atoms with Crippen molar-refractivity contribution in [1.29, 1.82) is 0 Å². The maximum Gasteiger partial charge on any atom is 0.127 e. The Morgan fingerprint density at radius 2 is 2.35 bits per heavy atom. The molecule has 2 N–H and O–H groups in total. The van der Waals surface area contributed by atoms with E-state index in [1.807, 2.05) is 11.8 Å². The van der Waals surface area contributed by atoms with E-state index in [9.17, 15) is 4.39 Å². The van der Waals surface area contributed by atoms with E-state index in [0.717, 1.165) is 24.2 Å². The highest BCUT2D eigenvalue weighted by molar-refractivity contribution is 8.00. The van der Waals surface area contributed by atoms with Gasteiger partial charge in [0.2, 0.25) is 0 Å². The SMILES string of the molecule is CC1SCCC12C[C@H](N)c1ccc(F)cc1O2. The summed E-state index contributed by atoms with van der Waals surface area (Å²) in [6.45, 7) is 2.18. The van der Waals surface area contributed by atoms with Gasteiger partial charge in [0.15, 0.2) is 0 Å². The molecule has 2 heterocycles. The standard InChI is InChI=1S/C13H16FNOS/c1-8-13(4-5-17-8)7-11(15)10-3-2-9(14)6-12(10)16-13/h2-3,6,8,11H,4-5,7,15H2,1H3/t8?,11-,13?/m0/s1. The van der Waals surface area contributed by atoms with E-state index in [0.29, 0.717) is 11.0 Å². The van der Waals surface area contributed by atoms with Crippen molar-refractivity contribution in [3.05, 3.63) is 29.6 Å². The van der Waals surface area contributed by atoms with Crippen molar-refractivity contribution in [3.8, 4) is 5.75 Å². The number of ether oxygens (including phenoxy) is 1. The molecule has 1 spiro atoms. The smallest absolute Gasteiger partial charge is 0.127 e. The number of nitrogens with two attached hydrogens (primary N) is 1. The van der Waals surface area contributed by atoms with Gasteiger partial charge in [-0.3, -0.25) is 0 Å². The van der Waals surface area contributed by atoms with Gasteiger partial charge in [-0.25, -0.2) is 4.39 Å². The summed E-state index contributed by atoms with van der Waals surface area (Å²) in [7, 11) is 0. The molecule has 3 rings (SSSR count). The first-order valence-corrected chi connectivity index (χ1v) is 7.01. The predicted molar refractivity (Wildman–Crippen MR) is 67.8 cm³/mol. The first kappa shape index (κ1) is 11.4. The zero-order valence-corrected chi connectivity index (χ0v) is 10.6. The normalized spacial score (nSPS) is 35.7. The Balaban J connectivity index is 2.02. The van der Waals surface area contributed by atoms with Gasteiger partial charge in [0.1, 0.15) is 17.2 Å². The molecule has 1 aromatic carbocycles. The topological polar surface area (TPSA) is 35.2 Å². The molecule has 3 atom stereocenters. The molecule has 1 saturated heterocycles. The van der Waals surface area contributed by atoms with Crippen LogP contribution in [0.2, 0.25) is 0 Å². The monoisotopic (exact) mass is 253 g/mol. The fourth-order valence-corrected chi connectivity index (χ4v) is 4.19. The summed E-state index contributed by atoms with van der Waals surface area (Å²) in [5.74, 6) is 1.47. The van der Waals surface area contributed by atoms with Crippen LogP contribution in [0.4, 0.5) is 4.39 Å². The third kappa shape index (κ3) is 1.74. The van der Waals surface area contributed by atoms with Crippen molar-refractivity contribution in [2.75, 3.05) is 5.75 Å². The zero-order chi connectivity index (χ0) is 12.0. The predicted octanol–water partition coefficient (Wildman–Crippen LogP) is 2.87. The second-order valence-electron chi connectivity index (χ2n) is 4.92. The van der Waals surface area contributed by atoms with Crippen molar-refractivity contribution < 1.29 is 9.13 Å². The lowest BCUT2D eigenvalue weighted by atomic mass is 9.84. The van der Waals surface area contributed by atoms with Crippen LogP contribution in [0.25, 0.3) is 0 Å². The van der Waals surface area contributed by atoms with Crippen LogP contribution in [0.5, 0.6) is 5.75 Å². The van der Waals surface area contributed by atoms with Gasteiger partial charge in [0.25, 0.3) is 0 Å². The number of halogens is 1. The number of fused-ring (bicyclic) bond motifs is 1. The summed E-state index contributed by atoms with van der Waals surface area (Å²) in [4.78, 5) is 0. The average Bonchev–Trinajstić information content (AvgIpc) is 2.59. The highest BCUT2D eigenvalue weighted by Crippen LogP contribution is 2.48. The Bertz CT molecular complexity index is 453. The molecule has 0 aromatic heterocycles. The van der Waals surface area contributed by atoms with Crippen LogP contribution in [0.3, 0.4) is 0 Å². The molecule has 2 nitrogen and oxygen atoms in total. The second-order valence-corrected chi connectivity index (χ2v) is 6.37. The molecule has 0 radical (unpaired) electrons. The molecule has 92 valence electrons. The van der Waals surface area contributed by atoms with Gasteiger partial charge in [-0.05, 0) is 25.2 Å². The summed E-state index contributed by atoms with van der Waals surface area (Å²) in [6.07, 6.45) is 1.84. The minimum Gasteiger partial charge on any atom is -0.486 e. The highest BCUT2D eigenvalue weighted by Gasteiger charge is 2.47. The third-order valence-electron chi connectivity index (χ3n) is 3.89. The molecule has 2 aliphatic heterocycles. The Morgan fingerprint density at radius 1 is 1.53 bits per heavy atom. The van der Waals surface area contributed by atoms with Gasteiger partial charge in [-0.15, -0.1) is 0 Å². The molecule has 1 aromatic rings. The van der Waals surface area contributed by atoms with Crippen LogP contribution in [0.1, 0.15) is 31.4 Å². The summed E-state index contributed by atoms with van der Waals surface area (Å²) >= 11 is 1.91. The fraction of sp³-hybridized carbons (Fsp3) is 0.538. The summed E-state index contributed by atoms with van der Waals surface area (Å²) in [6, 6.07) is 4.62. The van der Waals surface area contributed by atoms with E-state index >= 15 is 0 Å². The minimum absolute atomic E-state index is 0.0412. The molecule has 0 amide bonds. The molecule has 17 heavy (non-hydrogen) atoms. The van der Waals surface area contributed by atoms with E-state index in [1.165, 1.54) is 12.1 Å². The lowest BCUT2D eigenvalue weighted by Gasteiger charge is -2.41. The number of thioether (sulfide) groups is 1. The van der Waals surface area contributed by atoms with Gasteiger partial charge in [-0.1, -0.05) is 6.07 Å². The van der Waals surface area contributed by atoms with Crippen molar-refractivity contribution in [2.24, 2.45) is 5.73 Å². The third-order valence-corrected chi connectivity index (χ3v) is 5.26. The number of rotatable bonds is 0. The Morgan fingerprint density at radius 3 is 3.06 bits per heavy atom. The van der Waals surface area contributed by atoms with Crippen molar-refractivity contribution >= 4 is 11.8 Å². The number of hydrogen-bond donors (Lipinski definition) is 1. The van der Waals surface area contributed by atoms with Crippen LogP contribution in [-0.2, 0) is 0 Å². The molecule has 0 saturated carbocycles. The molecule has 4 heteroatoms. The molecular weight excluding hydrogens is 237 g/mol. The zero-order valence-electron chi connectivity index (χ0n) is 9.78. The van der Waals surface area contributed by atoms with E-state index in [1.54, 1.807) is 6.07 Å². The lowest BCUT2D eigenvalue weighted by Crippen LogP contribution is -2.47. The first-order valence-electron chi connectivity index (χ1n) is 5.96. The van der Waals surface area contributed by atoms with Gasteiger partial charge in [0, 0.05) is 29.3 Å². The maximum absolute atomic E-state index is 13.3. The molecule has 0 aliphatic carbocycles. The van der Waals surface area contributed by atoms with Crippen LogP contribution in [0, 0.1) is 5.82 Å². The van der Waals surface area contributed by atoms with Crippen LogP contribution >= 0.6 is 11.8 Å². The number of benzene rings is 1. The molecule has 0 bridgehead atoms. The molecule has 1 fully saturated rings. The first-order chi connectivity index (χ1) is 8.11. The van der Waals surface area contributed by atoms with Gasteiger partial charge >= 0.3 is 0 Å². The van der Waals surface area contributed by atoms with E-state index < -0.39 is 0 Å². The van der Waals surface area contributed by atoms with Crippen LogP contribution < -0.4 is 10.5 Å². The Kier molecular flexibility index (Phi) is 2.60. The molecule has 2 aliphatic rings. The van der Waals surface area contributed by atoms with Crippen LogP contribution in [-0.4, -0.2) is 16.6 Å².